The van der Waals surface area contributed by atoms with Crippen molar-refractivity contribution in [2.24, 2.45) is 11.8 Å². The van der Waals surface area contributed by atoms with Gasteiger partial charge >= 0.3 is 0 Å². The molecule has 2 amide bonds. The van der Waals surface area contributed by atoms with Crippen LogP contribution in [0.4, 0.5) is 11.4 Å². The first-order valence-corrected chi connectivity index (χ1v) is 11.0. The number of amides is 2. The standard InChI is InChI=1S/C24H28N4O3/c1-26(2)19-7-5-17(6-8-19)23(30)27-12-15-11-18(14-27)21-10-9-20(24(31)28(21)13-15)25-22(29)16-3-4-16/h5-10,15-16,18H,3-4,11-14H2,1-2H3,(H,25,29). The average Bonchev–Trinajstić information content (AvgIpc) is 3.61. The van der Waals surface area contributed by atoms with Crippen molar-refractivity contribution in [3.05, 3.63) is 58.0 Å². The molecule has 1 saturated heterocycles. The molecule has 1 aliphatic carbocycles. The summed E-state index contributed by atoms with van der Waals surface area (Å²) < 4.78 is 1.81. The summed E-state index contributed by atoms with van der Waals surface area (Å²) in [6, 6.07) is 11.4. The monoisotopic (exact) mass is 420 g/mol. The molecule has 2 fully saturated rings. The number of anilines is 2. The van der Waals surface area contributed by atoms with Gasteiger partial charge in [0.25, 0.3) is 11.5 Å². The Kier molecular flexibility index (Phi) is 4.84. The van der Waals surface area contributed by atoms with Crippen LogP contribution in [0.1, 0.15) is 41.2 Å². The predicted molar refractivity (Wildman–Crippen MR) is 120 cm³/mol. The number of pyridine rings is 1. The molecule has 2 aromatic rings. The first-order chi connectivity index (χ1) is 14.9. The Morgan fingerprint density at radius 2 is 1.74 bits per heavy atom. The van der Waals surface area contributed by atoms with Crippen LogP contribution in [0.3, 0.4) is 0 Å². The smallest absolute Gasteiger partial charge is 0.274 e. The van der Waals surface area contributed by atoms with Crippen LogP contribution in [-0.2, 0) is 11.3 Å². The maximum Gasteiger partial charge on any atom is 0.274 e. The Balaban J connectivity index is 1.35. The van der Waals surface area contributed by atoms with Gasteiger partial charge in [-0.3, -0.25) is 14.4 Å². The van der Waals surface area contributed by atoms with Crippen LogP contribution in [-0.4, -0.2) is 48.5 Å². The molecule has 0 spiro atoms. The van der Waals surface area contributed by atoms with Crippen molar-refractivity contribution >= 4 is 23.2 Å². The highest BCUT2D eigenvalue weighted by atomic mass is 16.2. The Morgan fingerprint density at radius 1 is 1.00 bits per heavy atom. The molecule has 7 heteroatoms. The summed E-state index contributed by atoms with van der Waals surface area (Å²) in [7, 11) is 3.95. The normalized spacial score (nSPS) is 21.9. The lowest BCUT2D eigenvalue weighted by Crippen LogP contribution is -2.49. The van der Waals surface area contributed by atoms with Gasteiger partial charge in [-0.1, -0.05) is 0 Å². The van der Waals surface area contributed by atoms with Crippen molar-refractivity contribution in [2.45, 2.75) is 31.7 Å². The van der Waals surface area contributed by atoms with E-state index in [1.807, 2.05) is 58.8 Å². The summed E-state index contributed by atoms with van der Waals surface area (Å²) in [4.78, 5) is 42.2. The van der Waals surface area contributed by atoms with Crippen LogP contribution < -0.4 is 15.8 Å². The van der Waals surface area contributed by atoms with Crippen molar-refractivity contribution in [3.8, 4) is 0 Å². The second kappa shape index (κ2) is 7.55. The van der Waals surface area contributed by atoms with Crippen LogP contribution in [0.2, 0.25) is 0 Å². The van der Waals surface area contributed by atoms with Crippen LogP contribution >= 0.6 is 0 Å². The number of benzene rings is 1. The van der Waals surface area contributed by atoms with Crippen molar-refractivity contribution in [3.63, 3.8) is 0 Å². The highest BCUT2D eigenvalue weighted by molar-refractivity contribution is 5.95. The third-order valence-corrected chi connectivity index (χ3v) is 6.73. The van der Waals surface area contributed by atoms with Gasteiger partial charge in [-0.05, 0) is 61.6 Å². The molecular formula is C24H28N4O3. The lowest BCUT2D eigenvalue weighted by atomic mass is 9.83. The van der Waals surface area contributed by atoms with E-state index in [0.29, 0.717) is 30.9 Å². The number of likely N-dealkylation sites (tertiary alicyclic amines) is 1. The zero-order valence-electron chi connectivity index (χ0n) is 18.0. The lowest BCUT2D eigenvalue weighted by molar-refractivity contribution is -0.117. The van der Waals surface area contributed by atoms with Gasteiger partial charge in [0.05, 0.1) is 0 Å². The third-order valence-electron chi connectivity index (χ3n) is 6.73. The van der Waals surface area contributed by atoms with Crippen LogP contribution in [0.5, 0.6) is 0 Å². The summed E-state index contributed by atoms with van der Waals surface area (Å²) in [6.07, 6.45) is 2.80. The molecular weight excluding hydrogens is 392 g/mol. The summed E-state index contributed by atoms with van der Waals surface area (Å²) in [5.41, 5.74) is 2.96. The third kappa shape index (κ3) is 3.73. The van der Waals surface area contributed by atoms with Gasteiger partial charge < -0.3 is 19.7 Å². The summed E-state index contributed by atoms with van der Waals surface area (Å²) in [5, 5.41) is 2.81. The fourth-order valence-corrected chi connectivity index (χ4v) is 4.87. The summed E-state index contributed by atoms with van der Waals surface area (Å²) in [6.45, 7) is 1.84. The van der Waals surface area contributed by atoms with E-state index < -0.39 is 0 Å². The number of piperidine rings is 1. The molecule has 3 aliphatic rings. The highest BCUT2D eigenvalue weighted by Crippen LogP contribution is 2.36. The Morgan fingerprint density at radius 3 is 2.42 bits per heavy atom. The molecule has 7 nitrogen and oxygen atoms in total. The van der Waals surface area contributed by atoms with E-state index >= 15 is 0 Å². The fraction of sp³-hybridized carbons (Fsp3) is 0.458. The molecule has 162 valence electrons. The molecule has 2 bridgehead atoms. The molecule has 2 aliphatic heterocycles. The van der Waals surface area contributed by atoms with Gasteiger partial charge in [-0.25, -0.2) is 0 Å². The van der Waals surface area contributed by atoms with Gasteiger partial charge in [0.1, 0.15) is 5.69 Å². The van der Waals surface area contributed by atoms with Crippen LogP contribution in [0, 0.1) is 11.8 Å². The molecule has 5 rings (SSSR count). The zero-order valence-corrected chi connectivity index (χ0v) is 18.0. The molecule has 2 atom stereocenters. The number of hydrogen-bond donors (Lipinski definition) is 1. The van der Waals surface area contributed by atoms with Gasteiger partial charge in [0, 0.05) is 62.5 Å². The number of nitrogens with one attached hydrogen (secondary N) is 1. The number of carbonyl (C=O) groups excluding carboxylic acids is 2. The van der Waals surface area contributed by atoms with E-state index in [1.54, 1.807) is 6.07 Å². The molecule has 1 aromatic heterocycles. The molecule has 1 N–H and O–H groups in total. The van der Waals surface area contributed by atoms with E-state index in [9.17, 15) is 14.4 Å². The number of rotatable bonds is 4. The number of nitrogens with zero attached hydrogens (tertiary/aromatic N) is 3. The molecule has 31 heavy (non-hydrogen) atoms. The Hall–Kier alpha value is -3.09. The van der Waals surface area contributed by atoms with Crippen molar-refractivity contribution in [1.82, 2.24) is 9.47 Å². The predicted octanol–water partition coefficient (Wildman–Crippen LogP) is 2.52. The van der Waals surface area contributed by atoms with Crippen molar-refractivity contribution in [1.29, 1.82) is 0 Å². The molecule has 1 saturated carbocycles. The number of aromatic nitrogens is 1. The molecule has 1 aromatic carbocycles. The van der Waals surface area contributed by atoms with E-state index in [2.05, 4.69) is 5.32 Å². The first-order valence-electron chi connectivity index (χ1n) is 11.0. The maximum absolute atomic E-state index is 13.1. The minimum atomic E-state index is -0.125. The van der Waals surface area contributed by atoms with Gasteiger partial charge in [0.2, 0.25) is 5.91 Å². The fourth-order valence-electron chi connectivity index (χ4n) is 4.87. The molecule has 3 heterocycles. The van der Waals surface area contributed by atoms with E-state index in [-0.39, 0.29) is 35.1 Å². The van der Waals surface area contributed by atoms with Crippen molar-refractivity contribution in [2.75, 3.05) is 37.4 Å². The second-order valence-corrected chi connectivity index (χ2v) is 9.30. The SMILES string of the molecule is CN(C)c1ccc(C(=O)N2CC3CC(C2)c2ccc(NC(=O)C4CC4)c(=O)n2C3)cc1. The average molecular weight is 421 g/mol. The second-order valence-electron chi connectivity index (χ2n) is 9.30. The van der Waals surface area contributed by atoms with Crippen LogP contribution in [0.15, 0.2) is 41.2 Å². The number of carbonyl (C=O) groups is 2. The first kappa shape index (κ1) is 19.8. The molecule has 0 radical (unpaired) electrons. The maximum atomic E-state index is 13.1. The van der Waals surface area contributed by atoms with E-state index in [0.717, 1.165) is 30.6 Å². The van der Waals surface area contributed by atoms with Crippen molar-refractivity contribution < 1.29 is 9.59 Å². The zero-order chi connectivity index (χ0) is 21.7. The molecule has 2 unspecified atom stereocenters. The summed E-state index contributed by atoms with van der Waals surface area (Å²) in [5.74, 6) is 0.433. The number of fused-ring (bicyclic) bond motifs is 4. The van der Waals surface area contributed by atoms with Gasteiger partial charge in [-0.2, -0.15) is 0 Å². The highest BCUT2D eigenvalue weighted by Gasteiger charge is 2.37. The van der Waals surface area contributed by atoms with Gasteiger partial charge in [-0.15, -0.1) is 0 Å². The van der Waals surface area contributed by atoms with Crippen LogP contribution in [0.25, 0.3) is 0 Å². The number of hydrogen-bond acceptors (Lipinski definition) is 4. The van der Waals surface area contributed by atoms with Gasteiger partial charge in [0.15, 0.2) is 0 Å². The minimum Gasteiger partial charge on any atom is -0.378 e. The lowest BCUT2D eigenvalue weighted by Gasteiger charge is -2.43. The largest absolute Gasteiger partial charge is 0.378 e. The Labute approximate surface area is 181 Å². The minimum absolute atomic E-state index is 0.0455. The Bertz CT molecular complexity index is 1080. The van der Waals surface area contributed by atoms with E-state index in [1.165, 1.54) is 0 Å². The quantitative estimate of drug-likeness (QED) is 0.825. The summed E-state index contributed by atoms with van der Waals surface area (Å²) >= 11 is 0. The van der Waals surface area contributed by atoms with E-state index in [4.69, 9.17) is 0 Å². The topological polar surface area (TPSA) is 74.7 Å².